The topological polar surface area (TPSA) is 93.0 Å². The quantitative estimate of drug-likeness (QED) is 0.751. The Morgan fingerprint density at radius 2 is 1.57 bits per heavy atom. The summed E-state index contributed by atoms with van der Waals surface area (Å²) >= 11 is 0. The Labute approximate surface area is 121 Å². The molecule has 0 spiro atoms. The predicted molar refractivity (Wildman–Crippen MR) is 80.4 cm³/mol. The molecule has 0 aliphatic heterocycles. The number of halogens is 1. The van der Waals surface area contributed by atoms with E-state index in [0.717, 1.165) is 0 Å². The van der Waals surface area contributed by atoms with Gasteiger partial charge in [-0.3, -0.25) is 4.79 Å². The second-order valence-electron chi connectivity index (χ2n) is 4.43. The number of primary amides is 1. The van der Waals surface area contributed by atoms with Crippen LogP contribution < -0.4 is 11.5 Å². The molecule has 0 saturated carbocycles. The van der Waals surface area contributed by atoms with Crippen LogP contribution in [-0.2, 0) is 0 Å². The molecule has 2 aromatic rings. The van der Waals surface area contributed by atoms with Crippen LogP contribution in [0.25, 0.3) is 5.70 Å². The number of hydrogen-bond donors (Lipinski definition) is 3. The number of amides is 1. The molecule has 0 unspecified atom stereocenters. The maximum atomic E-state index is 12.9. The number of rotatable bonds is 4. The molecule has 0 aromatic heterocycles. The van der Waals surface area contributed by atoms with Gasteiger partial charge in [-0.2, -0.15) is 0 Å². The van der Waals surface area contributed by atoms with Crippen molar-refractivity contribution < 1.29 is 9.18 Å². The van der Waals surface area contributed by atoms with Gasteiger partial charge in [0.05, 0.1) is 5.71 Å². The summed E-state index contributed by atoms with van der Waals surface area (Å²) in [6.45, 7) is 0. The largest absolute Gasteiger partial charge is 0.398 e. The lowest BCUT2D eigenvalue weighted by Gasteiger charge is -2.07. The molecular weight excluding hydrogens is 269 g/mol. The zero-order chi connectivity index (χ0) is 15.4. The van der Waals surface area contributed by atoms with Crippen LogP contribution in [0.5, 0.6) is 0 Å². The molecule has 0 radical (unpaired) electrons. The molecule has 2 aromatic carbocycles. The van der Waals surface area contributed by atoms with Gasteiger partial charge < -0.3 is 16.9 Å². The average molecular weight is 283 g/mol. The second-order valence-corrected chi connectivity index (χ2v) is 4.43. The van der Waals surface area contributed by atoms with Crippen LogP contribution in [0.2, 0.25) is 0 Å². The molecule has 0 aliphatic carbocycles. The second kappa shape index (κ2) is 6.00. The molecule has 5 N–H and O–H groups in total. The van der Waals surface area contributed by atoms with Gasteiger partial charge >= 0.3 is 0 Å². The summed E-state index contributed by atoms with van der Waals surface area (Å²) in [5, 5.41) is 7.96. The van der Waals surface area contributed by atoms with E-state index in [2.05, 4.69) is 0 Å². The highest BCUT2D eigenvalue weighted by Crippen LogP contribution is 2.16. The van der Waals surface area contributed by atoms with Crippen LogP contribution >= 0.6 is 0 Å². The van der Waals surface area contributed by atoms with E-state index in [9.17, 15) is 9.18 Å². The highest BCUT2D eigenvalue weighted by Gasteiger charge is 2.10. The molecule has 0 aliphatic rings. The Balaban J connectivity index is 2.35. The van der Waals surface area contributed by atoms with Crippen molar-refractivity contribution in [2.75, 3.05) is 0 Å². The number of allylic oxidation sites excluding steroid dienone is 1. The van der Waals surface area contributed by atoms with Gasteiger partial charge in [-0.25, -0.2) is 4.39 Å². The third-order valence-corrected chi connectivity index (χ3v) is 2.96. The molecule has 0 saturated heterocycles. The summed E-state index contributed by atoms with van der Waals surface area (Å²) in [6.07, 6.45) is 1.41. The molecule has 0 atom stereocenters. The van der Waals surface area contributed by atoms with Crippen molar-refractivity contribution in [1.82, 2.24) is 0 Å². The minimum atomic E-state index is -0.588. The molecule has 5 heteroatoms. The highest BCUT2D eigenvalue weighted by molar-refractivity contribution is 6.11. The first-order valence-corrected chi connectivity index (χ1v) is 6.20. The van der Waals surface area contributed by atoms with E-state index in [4.69, 9.17) is 16.9 Å². The fourth-order valence-corrected chi connectivity index (χ4v) is 1.90. The van der Waals surface area contributed by atoms with Crippen LogP contribution in [0.4, 0.5) is 4.39 Å². The van der Waals surface area contributed by atoms with Crippen molar-refractivity contribution in [3.63, 3.8) is 0 Å². The van der Waals surface area contributed by atoms with E-state index < -0.39 is 5.91 Å². The minimum absolute atomic E-state index is 0.117. The van der Waals surface area contributed by atoms with Crippen molar-refractivity contribution in [3.05, 3.63) is 77.1 Å². The summed E-state index contributed by atoms with van der Waals surface area (Å²) in [5.41, 5.74) is 12.9. The molecular formula is C16H14FN3O. The van der Waals surface area contributed by atoms with Crippen LogP contribution in [0.1, 0.15) is 21.5 Å². The number of benzene rings is 2. The van der Waals surface area contributed by atoms with Gasteiger partial charge in [0.2, 0.25) is 5.91 Å². The lowest BCUT2D eigenvalue weighted by Crippen LogP contribution is -2.15. The Bertz CT molecular complexity index is 721. The maximum absolute atomic E-state index is 12.9. The van der Waals surface area contributed by atoms with Gasteiger partial charge in [-0.1, -0.05) is 18.2 Å². The molecule has 0 heterocycles. The zero-order valence-electron chi connectivity index (χ0n) is 11.1. The van der Waals surface area contributed by atoms with E-state index in [1.807, 2.05) is 0 Å². The third kappa shape index (κ3) is 3.33. The van der Waals surface area contributed by atoms with E-state index in [0.29, 0.717) is 11.1 Å². The Morgan fingerprint density at radius 1 is 1.00 bits per heavy atom. The summed E-state index contributed by atoms with van der Waals surface area (Å²) in [6, 6.07) is 12.1. The van der Waals surface area contributed by atoms with Gasteiger partial charge in [-0.15, -0.1) is 0 Å². The molecule has 1 amide bonds. The first-order chi connectivity index (χ1) is 9.99. The SMILES string of the molecule is N=C(C=C(N)c1ccccc1C(N)=O)c1ccc(F)cc1. The summed E-state index contributed by atoms with van der Waals surface area (Å²) < 4.78 is 12.9. The van der Waals surface area contributed by atoms with Gasteiger partial charge in [0.1, 0.15) is 5.82 Å². The maximum Gasteiger partial charge on any atom is 0.249 e. The minimum Gasteiger partial charge on any atom is -0.398 e. The monoisotopic (exact) mass is 283 g/mol. The fraction of sp³-hybridized carbons (Fsp3) is 0. The number of nitrogens with two attached hydrogens (primary N) is 2. The van der Waals surface area contributed by atoms with E-state index >= 15 is 0 Å². The van der Waals surface area contributed by atoms with Crippen molar-refractivity contribution in [2.24, 2.45) is 11.5 Å². The van der Waals surface area contributed by atoms with Gasteiger partial charge in [-0.05, 0) is 42.0 Å². The highest BCUT2D eigenvalue weighted by atomic mass is 19.1. The third-order valence-electron chi connectivity index (χ3n) is 2.96. The van der Waals surface area contributed by atoms with Crippen LogP contribution in [-0.4, -0.2) is 11.6 Å². The smallest absolute Gasteiger partial charge is 0.249 e. The Morgan fingerprint density at radius 3 is 2.14 bits per heavy atom. The first kappa shape index (κ1) is 14.5. The molecule has 106 valence electrons. The normalized spacial score (nSPS) is 11.2. The average Bonchev–Trinajstić information content (AvgIpc) is 2.47. The van der Waals surface area contributed by atoms with Gasteiger partial charge in [0.25, 0.3) is 0 Å². The summed E-state index contributed by atoms with van der Waals surface area (Å²) in [4.78, 5) is 11.4. The van der Waals surface area contributed by atoms with Crippen molar-refractivity contribution in [2.45, 2.75) is 0 Å². The molecule has 0 bridgehead atoms. The van der Waals surface area contributed by atoms with E-state index in [-0.39, 0.29) is 22.8 Å². The number of carbonyl (C=O) groups is 1. The number of hydrogen-bond acceptors (Lipinski definition) is 3. The van der Waals surface area contributed by atoms with Gasteiger partial charge in [0.15, 0.2) is 0 Å². The Kier molecular flexibility index (Phi) is 4.13. The van der Waals surface area contributed by atoms with E-state index in [1.54, 1.807) is 24.3 Å². The molecule has 2 rings (SSSR count). The van der Waals surface area contributed by atoms with Crippen LogP contribution in [0.15, 0.2) is 54.6 Å². The summed E-state index contributed by atoms with van der Waals surface area (Å²) in [7, 11) is 0. The number of carbonyl (C=O) groups excluding carboxylic acids is 1. The van der Waals surface area contributed by atoms with Crippen LogP contribution in [0.3, 0.4) is 0 Å². The van der Waals surface area contributed by atoms with Crippen LogP contribution in [0, 0.1) is 11.2 Å². The van der Waals surface area contributed by atoms with Crippen molar-refractivity contribution in [1.29, 1.82) is 5.41 Å². The molecule has 0 fully saturated rings. The predicted octanol–water partition coefficient (Wildman–Crippen LogP) is 2.29. The summed E-state index contributed by atoms with van der Waals surface area (Å²) in [5.74, 6) is -0.960. The first-order valence-electron chi connectivity index (χ1n) is 6.20. The number of nitrogens with one attached hydrogen (secondary N) is 1. The van der Waals surface area contributed by atoms with Crippen molar-refractivity contribution >= 4 is 17.3 Å². The zero-order valence-corrected chi connectivity index (χ0v) is 11.1. The molecule has 21 heavy (non-hydrogen) atoms. The lowest BCUT2D eigenvalue weighted by atomic mass is 10.0. The fourth-order valence-electron chi connectivity index (χ4n) is 1.90. The standard InChI is InChI=1S/C16H14FN3O/c17-11-7-5-10(6-8-11)14(18)9-15(19)12-3-1-2-4-13(12)16(20)21/h1-9,18H,19H2,(H2,20,21). The molecule has 4 nitrogen and oxygen atoms in total. The lowest BCUT2D eigenvalue weighted by molar-refractivity contribution is 0.1000. The van der Waals surface area contributed by atoms with Crippen molar-refractivity contribution in [3.8, 4) is 0 Å². The van der Waals surface area contributed by atoms with E-state index in [1.165, 1.54) is 30.3 Å². The Hall–Kier alpha value is -2.95. The van der Waals surface area contributed by atoms with Gasteiger partial charge in [0, 0.05) is 16.8 Å².